The number of aromatic nitrogens is 1. The normalized spacial score (nSPS) is 11.7. The first-order valence-corrected chi connectivity index (χ1v) is 7.90. The summed E-state index contributed by atoms with van der Waals surface area (Å²) in [7, 11) is 0. The zero-order valence-corrected chi connectivity index (χ0v) is 14.3. The number of rotatable bonds is 3. The molecule has 128 valence electrons. The van der Waals surface area contributed by atoms with Gasteiger partial charge in [-0.3, -0.25) is 9.78 Å². The van der Waals surface area contributed by atoms with Crippen molar-refractivity contribution >= 4 is 16.7 Å². The number of nitrogens with two attached hydrogens (primary N) is 1. The molecule has 2 aromatic carbocycles. The number of fused-ring (bicyclic) bond motifs is 1. The number of aliphatic hydroxyl groups is 1. The summed E-state index contributed by atoms with van der Waals surface area (Å²) >= 11 is 0. The van der Waals surface area contributed by atoms with E-state index in [0.29, 0.717) is 10.9 Å². The Morgan fingerprint density at radius 2 is 1.92 bits per heavy atom. The Bertz CT molecular complexity index is 991. The van der Waals surface area contributed by atoms with Gasteiger partial charge in [0.2, 0.25) is 0 Å². The van der Waals surface area contributed by atoms with E-state index in [1.54, 1.807) is 32.0 Å². The number of benzene rings is 2. The average molecular weight is 338 g/mol. The summed E-state index contributed by atoms with van der Waals surface area (Å²) in [6.07, 6.45) is 1.53. The maximum Gasteiger partial charge on any atom is 0.267 e. The van der Waals surface area contributed by atoms with E-state index in [1.807, 2.05) is 19.1 Å². The third-order valence-electron chi connectivity index (χ3n) is 4.28. The van der Waals surface area contributed by atoms with Crippen LogP contribution in [0, 0.1) is 12.7 Å². The molecule has 0 aliphatic rings. The van der Waals surface area contributed by atoms with E-state index in [9.17, 15) is 14.3 Å². The summed E-state index contributed by atoms with van der Waals surface area (Å²) in [5.74, 6) is -1.09. The van der Waals surface area contributed by atoms with Gasteiger partial charge in [0.15, 0.2) is 0 Å². The minimum absolute atomic E-state index is 0.186. The standard InChI is InChI=1S/C20H19FN2O2/c1-11-8-16(20(2,3)25)17(21)10-14(11)13-5-4-12-6-7-23-18(19(22)24)15(12)9-13/h4-10,25H,1-3H3,(H2,22,24). The van der Waals surface area contributed by atoms with E-state index < -0.39 is 17.3 Å². The quantitative estimate of drug-likeness (QED) is 0.765. The number of hydrogen-bond donors (Lipinski definition) is 2. The molecule has 0 radical (unpaired) electrons. The van der Waals surface area contributed by atoms with Crippen molar-refractivity contribution < 1.29 is 14.3 Å². The van der Waals surface area contributed by atoms with Gasteiger partial charge in [-0.05, 0) is 67.1 Å². The summed E-state index contributed by atoms with van der Waals surface area (Å²) in [5.41, 5.74) is 6.83. The highest BCUT2D eigenvalue weighted by Crippen LogP contribution is 2.32. The third kappa shape index (κ3) is 3.10. The predicted molar refractivity (Wildman–Crippen MR) is 95.6 cm³/mol. The smallest absolute Gasteiger partial charge is 0.267 e. The van der Waals surface area contributed by atoms with Crippen molar-refractivity contribution in [2.75, 3.05) is 0 Å². The van der Waals surface area contributed by atoms with Crippen LogP contribution in [0.2, 0.25) is 0 Å². The molecule has 4 nitrogen and oxygen atoms in total. The van der Waals surface area contributed by atoms with Crippen molar-refractivity contribution in [1.82, 2.24) is 4.98 Å². The highest BCUT2D eigenvalue weighted by molar-refractivity contribution is 6.05. The number of hydrogen-bond acceptors (Lipinski definition) is 3. The van der Waals surface area contributed by atoms with E-state index in [1.165, 1.54) is 12.3 Å². The van der Waals surface area contributed by atoms with E-state index >= 15 is 0 Å². The van der Waals surface area contributed by atoms with Gasteiger partial charge in [0, 0.05) is 17.1 Å². The van der Waals surface area contributed by atoms with Crippen molar-refractivity contribution in [2.45, 2.75) is 26.4 Å². The van der Waals surface area contributed by atoms with Gasteiger partial charge < -0.3 is 10.8 Å². The zero-order valence-electron chi connectivity index (χ0n) is 14.3. The summed E-state index contributed by atoms with van der Waals surface area (Å²) in [5, 5.41) is 11.6. The Morgan fingerprint density at radius 1 is 1.20 bits per heavy atom. The molecule has 0 fully saturated rings. The van der Waals surface area contributed by atoms with Gasteiger partial charge in [0.25, 0.3) is 5.91 Å². The molecule has 1 heterocycles. The van der Waals surface area contributed by atoms with Crippen LogP contribution in [0.4, 0.5) is 4.39 Å². The first kappa shape index (κ1) is 17.0. The fourth-order valence-corrected chi connectivity index (χ4v) is 2.99. The maximum absolute atomic E-state index is 14.5. The van der Waals surface area contributed by atoms with Crippen LogP contribution in [-0.4, -0.2) is 16.0 Å². The molecule has 0 bridgehead atoms. The lowest BCUT2D eigenvalue weighted by molar-refractivity contribution is 0.0745. The molecule has 0 atom stereocenters. The van der Waals surface area contributed by atoms with Crippen LogP contribution < -0.4 is 5.73 Å². The van der Waals surface area contributed by atoms with Crippen LogP contribution >= 0.6 is 0 Å². The second kappa shape index (κ2) is 5.93. The Kier molecular flexibility index (Phi) is 4.05. The first-order valence-electron chi connectivity index (χ1n) is 7.90. The molecular formula is C20H19FN2O2. The molecule has 0 spiro atoms. The second-order valence-electron chi connectivity index (χ2n) is 6.67. The Hall–Kier alpha value is -2.79. The summed E-state index contributed by atoms with van der Waals surface area (Å²) in [6, 6.07) is 10.3. The summed E-state index contributed by atoms with van der Waals surface area (Å²) in [4.78, 5) is 15.7. The van der Waals surface area contributed by atoms with Gasteiger partial charge >= 0.3 is 0 Å². The number of amides is 1. The van der Waals surface area contributed by atoms with Crippen LogP contribution in [-0.2, 0) is 5.60 Å². The first-order chi connectivity index (χ1) is 11.7. The van der Waals surface area contributed by atoms with Crippen LogP contribution in [0.3, 0.4) is 0 Å². The lowest BCUT2D eigenvalue weighted by atomic mass is 9.90. The van der Waals surface area contributed by atoms with Crippen LogP contribution in [0.25, 0.3) is 21.9 Å². The van der Waals surface area contributed by atoms with Crippen LogP contribution in [0.15, 0.2) is 42.6 Å². The number of nitrogens with zero attached hydrogens (tertiary/aromatic N) is 1. The lowest BCUT2D eigenvalue weighted by Crippen LogP contribution is -2.18. The van der Waals surface area contributed by atoms with Crippen molar-refractivity contribution in [2.24, 2.45) is 5.73 Å². The SMILES string of the molecule is Cc1cc(C(C)(C)O)c(F)cc1-c1ccc2ccnc(C(N)=O)c2c1. The second-order valence-corrected chi connectivity index (χ2v) is 6.67. The maximum atomic E-state index is 14.5. The lowest BCUT2D eigenvalue weighted by Gasteiger charge is -2.20. The van der Waals surface area contributed by atoms with Crippen molar-refractivity contribution in [3.05, 3.63) is 65.2 Å². The molecule has 3 aromatic rings. The molecule has 1 aromatic heterocycles. The zero-order chi connectivity index (χ0) is 18.4. The minimum atomic E-state index is -1.26. The fraction of sp³-hybridized carbons (Fsp3) is 0.200. The molecule has 0 saturated heterocycles. The largest absolute Gasteiger partial charge is 0.386 e. The monoisotopic (exact) mass is 338 g/mol. The molecule has 3 rings (SSSR count). The van der Waals surface area contributed by atoms with Gasteiger partial charge in [0.1, 0.15) is 11.5 Å². The highest BCUT2D eigenvalue weighted by atomic mass is 19.1. The van der Waals surface area contributed by atoms with Crippen molar-refractivity contribution in [3.8, 4) is 11.1 Å². The number of carbonyl (C=O) groups is 1. The predicted octanol–water partition coefficient (Wildman–Crippen LogP) is 3.68. The molecule has 0 aliphatic carbocycles. The number of aryl methyl sites for hydroxylation is 1. The van der Waals surface area contributed by atoms with Gasteiger partial charge in [-0.2, -0.15) is 0 Å². The number of carbonyl (C=O) groups excluding carboxylic acids is 1. The Labute approximate surface area is 145 Å². The van der Waals surface area contributed by atoms with Crippen LogP contribution in [0.1, 0.15) is 35.5 Å². The molecule has 0 saturated carbocycles. The van der Waals surface area contributed by atoms with Gasteiger partial charge in [-0.25, -0.2) is 4.39 Å². The molecule has 1 amide bonds. The van der Waals surface area contributed by atoms with E-state index in [4.69, 9.17) is 5.73 Å². The number of primary amides is 1. The molecule has 25 heavy (non-hydrogen) atoms. The van der Waals surface area contributed by atoms with Crippen molar-refractivity contribution in [1.29, 1.82) is 0 Å². The van der Waals surface area contributed by atoms with Crippen LogP contribution in [0.5, 0.6) is 0 Å². The minimum Gasteiger partial charge on any atom is -0.386 e. The number of pyridine rings is 1. The van der Waals surface area contributed by atoms with E-state index in [0.717, 1.165) is 16.5 Å². The molecule has 3 N–H and O–H groups in total. The molecular weight excluding hydrogens is 319 g/mol. The highest BCUT2D eigenvalue weighted by Gasteiger charge is 2.22. The molecule has 0 aliphatic heterocycles. The average Bonchev–Trinajstić information content (AvgIpc) is 2.54. The summed E-state index contributed by atoms with van der Waals surface area (Å²) < 4.78 is 14.5. The number of halogens is 1. The van der Waals surface area contributed by atoms with E-state index in [-0.39, 0.29) is 11.3 Å². The third-order valence-corrected chi connectivity index (χ3v) is 4.28. The van der Waals surface area contributed by atoms with Crippen molar-refractivity contribution in [3.63, 3.8) is 0 Å². The Balaban J connectivity index is 2.22. The van der Waals surface area contributed by atoms with E-state index in [2.05, 4.69) is 4.98 Å². The fourth-order valence-electron chi connectivity index (χ4n) is 2.99. The van der Waals surface area contributed by atoms with Gasteiger partial charge in [0.05, 0.1) is 5.60 Å². The molecule has 0 unspecified atom stereocenters. The van der Waals surface area contributed by atoms with Gasteiger partial charge in [-0.1, -0.05) is 12.1 Å². The summed E-state index contributed by atoms with van der Waals surface area (Å²) in [6.45, 7) is 4.95. The Morgan fingerprint density at radius 3 is 2.56 bits per heavy atom. The molecule has 5 heteroatoms. The topological polar surface area (TPSA) is 76.2 Å². The van der Waals surface area contributed by atoms with Gasteiger partial charge in [-0.15, -0.1) is 0 Å².